The zero-order valence-electron chi connectivity index (χ0n) is 11.9. The Morgan fingerprint density at radius 2 is 2.15 bits per heavy atom. The SMILES string of the molecule is CCOC(=O)C1(c2nc3c(C)cccc3s2)CCCC1. The number of fused-ring (bicyclic) bond motifs is 1. The van der Waals surface area contributed by atoms with Gasteiger partial charge in [-0.3, -0.25) is 4.79 Å². The molecule has 1 fully saturated rings. The minimum absolute atomic E-state index is 0.0887. The minimum Gasteiger partial charge on any atom is -0.465 e. The zero-order chi connectivity index (χ0) is 14.2. The van der Waals surface area contributed by atoms with Crippen LogP contribution in [0.5, 0.6) is 0 Å². The fourth-order valence-corrected chi connectivity index (χ4v) is 4.32. The van der Waals surface area contributed by atoms with Crippen molar-refractivity contribution in [3.8, 4) is 0 Å². The smallest absolute Gasteiger partial charge is 0.319 e. The number of rotatable bonds is 3. The van der Waals surface area contributed by atoms with E-state index < -0.39 is 5.41 Å². The second kappa shape index (κ2) is 5.17. The molecule has 0 spiro atoms. The number of carbonyl (C=O) groups excluding carboxylic acids is 1. The fraction of sp³-hybridized carbons (Fsp3) is 0.500. The van der Waals surface area contributed by atoms with Crippen molar-refractivity contribution < 1.29 is 9.53 Å². The van der Waals surface area contributed by atoms with Crippen LogP contribution in [0.15, 0.2) is 18.2 Å². The predicted molar refractivity (Wildman–Crippen MR) is 81.1 cm³/mol. The summed E-state index contributed by atoms with van der Waals surface area (Å²) in [5.74, 6) is -0.0887. The standard InChI is InChI=1S/C16H19NO2S/c1-3-19-15(18)16(9-4-5-10-16)14-17-13-11(2)7-6-8-12(13)20-14/h6-8H,3-5,9-10H2,1-2H3. The molecule has 1 aliphatic rings. The van der Waals surface area contributed by atoms with Crippen molar-refractivity contribution in [3.05, 3.63) is 28.8 Å². The van der Waals surface area contributed by atoms with Crippen LogP contribution in [0.4, 0.5) is 0 Å². The highest BCUT2D eigenvalue weighted by atomic mass is 32.1. The van der Waals surface area contributed by atoms with E-state index in [2.05, 4.69) is 19.1 Å². The lowest BCUT2D eigenvalue weighted by Gasteiger charge is -2.23. The Kier molecular flexibility index (Phi) is 3.50. The Morgan fingerprint density at radius 3 is 2.80 bits per heavy atom. The van der Waals surface area contributed by atoms with E-state index >= 15 is 0 Å². The summed E-state index contributed by atoms with van der Waals surface area (Å²) in [6, 6.07) is 6.19. The molecule has 0 bridgehead atoms. The number of carbonyl (C=O) groups is 1. The predicted octanol–water partition coefficient (Wildman–Crippen LogP) is 3.98. The number of aromatic nitrogens is 1. The van der Waals surface area contributed by atoms with Crippen LogP contribution >= 0.6 is 11.3 Å². The van der Waals surface area contributed by atoms with Crippen molar-refractivity contribution in [1.82, 2.24) is 4.98 Å². The second-order valence-electron chi connectivity index (χ2n) is 5.45. The van der Waals surface area contributed by atoms with Gasteiger partial charge in [-0.1, -0.05) is 25.0 Å². The molecule has 1 aliphatic carbocycles. The van der Waals surface area contributed by atoms with Crippen LogP contribution < -0.4 is 0 Å². The number of hydrogen-bond donors (Lipinski definition) is 0. The fourth-order valence-electron chi connectivity index (χ4n) is 3.04. The monoisotopic (exact) mass is 289 g/mol. The van der Waals surface area contributed by atoms with Gasteiger partial charge in [-0.2, -0.15) is 0 Å². The average Bonchev–Trinajstić information content (AvgIpc) is 3.07. The molecule has 1 aromatic carbocycles. The minimum atomic E-state index is -0.494. The van der Waals surface area contributed by atoms with E-state index in [-0.39, 0.29) is 5.97 Å². The summed E-state index contributed by atoms with van der Waals surface area (Å²) in [5.41, 5.74) is 1.71. The molecule has 106 valence electrons. The molecular weight excluding hydrogens is 270 g/mol. The molecule has 0 radical (unpaired) electrons. The van der Waals surface area contributed by atoms with Crippen LogP contribution in [0.2, 0.25) is 0 Å². The molecule has 0 N–H and O–H groups in total. The third kappa shape index (κ3) is 2.03. The van der Waals surface area contributed by atoms with Crippen LogP contribution in [0.25, 0.3) is 10.2 Å². The largest absolute Gasteiger partial charge is 0.465 e. The van der Waals surface area contributed by atoms with E-state index in [4.69, 9.17) is 9.72 Å². The summed E-state index contributed by atoms with van der Waals surface area (Å²) < 4.78 is 6.50. The molecule has 20 heavy (non-hydrogen) atoms. The Balaban J connectivity index is 2.10. The third-order valence-corrected chi connectivity index (χ3v) is 5.38. The maximum Gasteiger partial charge on any atom is 0.319 e. The van der Waals surface area contributed by atoms with E-state index in [0.29, 0.717) is 6.61 Å². The molecule has 3 rings (SSSR count). The van der Waals surface area contributed by atoms with Crippen LogP contribution in [0.1, 0.15) is 43.2 Å². The maximum atomic E-state index is 12.5. The molecule has 0 saturated heterocycles. The van der Waals surface area contributed by atoms with Gasteiger partial charge in [0.15, 0.2) is 0 Å². The van der Waals surface area contributed by atoms with E-state index in [1.54, 1.807) is 11.3 Å². The van der Waals surface area contributed by atoms with Crippen molar-refractivity contribution in [2.75, 3.05) is 6.61 Å². The molecular formula is C16H19NO2S. The molecule has 4 heteroatoms. The Labute approximate surface area is 123 Å². The van der Waals surface area contributed by atoms with Gasteiger partial charge in [-0.25, -0.2) is 4.98 Å². The van der Waals surface area contributed by atoms with Gasteiger partial charge in [-0.15, -0.1) is 11.3 Å². The van der Waals surface area contributed by atoms with Gasteiger partial charge in [0.2, 0.25) is 0 Å². The van der Waals surface area contributed by atoms with Gasteiger partial charge in [0, 0.05) is 0 Å². The number of ether oxygens (including phenoxy) is 1. The Bertz CT molecular complexity index is 641. The third-order valence-electron chi connectivity index (χ3n) is 4.15. The lowest BCUT2D eigenvalue weighted by Crippen LogP contribution is -2.34. The van der Waals surface area contributed by atoms with Crippen LogP contribution in [0.3, 0.4) is 0 Å². The summed E-state index contributed by atoms with van der Waals surface area (Å²) in [7, 11) is 0. The van der Waals surface area contributed by atoms with Gasteiger partial charge >= 0.3 is 5.97 Å². The second-order valence-corrected chi connectivity index (χ2v) is 6.48. The highest BCUT2D eigenvalue weighted by Crippen LogP contribution is 2.45. The maximum absolute atomic E-state index is 12.5. The van der Waals surface area contributed by atoms with Crippen molar-refractivity contribution in [1.29, 1.82) is 0 Å². The van der Waals surface area contributed by atoms with Crippen LogP contribution in [-0.4, -0.2) is 17.6 Å². The lowest BCUT2D eigenvalue weighted by atomic mass is 9.87. The van der Waals surface area contributed by atoms with Crippen molar-refractivity contribution in [2.24, 2.45) is 0 Å². The molecule has 0 unspecified atom stereocenters. The summed E-state index contributed by atoms with van der Waals surface area (Å²) >= 11 is 1.65. The first-order chi connectivity index (χ1) is 9.67. The van der Waals surface area contributed by atoms with Crippen molar-refractivity contribution >= 4 is 27.5 Å². The summed E-state index contributed by atoms with van der Waals surface area (Å²) in [5, 5.41) is 0.942. The van der Waals surface area contributed by atoms with Crippen molar-refractivity contribution in [3.63, 3.8) is 0 Å². The lowest BCUT2D eigenvalue weighted by molar-refractivity contribution is -0.150. The van der Waals surface area contributed by atoms with Gasteiger partial charge in [0.25, 0.3) is 0 Å². The zero-order valence-corrected chi connectivity index (χ0v) is 12.8. The summed E-state index contributed by atoms with van der Waals surface area (Å²) in [6.07, 6.45) is 3.89. The summed E-state index contributed by atoms with van der Waals surface area (Å²) in [6.45, 7) is 4.37. The summed E-state index contributed by atoms with van der Waals surface area (Å²) in [4.78, 5) is 17.3. The highest BCUT2D eigenvalue weighted by Gasteiger charge is 2.46. The number of esters is 1. The van der Waals surface area contributed by atoms with Gasteiger partial charge in [0.05, 0.1) is 16.8 Å². The normalized spacial score (nSPS) is 17.5. The Morgan fingerprint density at radius 1 is 1.40 bits per heavy atom. The first kappa shape index (κ1) is 13.6. The topological polar surface area (TPSA) is 39.2 Å². The van der Waals surface area contributed by atoms with Crippen LogP contribution in [0, 0.1) is 6.92 Å². The van der Waals surface area contributed by atoms with E-state index in [0.717, 1.165) is 40.9 Å². The molecule has 0 atom stereocenters. The molecule has 0 aliphatic heterocycles. The van der Waals surface area contributed by atoms with Gasteiger partial charge < -0.3 is 4.74 Å². The van der Waals surface area contributed by atoms with Crippen LogP contribution in [-0.2, 0) is 14.9 Å². The molecule has 0 amide bonds. The number of hydrogen-bond acceptors (Lipinski definition) is 4. The molecule has 1 saturated carbocycles. The van der Waals surface area contributed by atoms with E-state index in [1.165, 1.54) is 5.56 Å². The number of aryl methyl sites for hydroxylation is 1. The highest BCUT2D eigenvalue weighted by molar-refractivity contribution is 7.18. The average molecular weight is 289 g/mol. The van der Waals surface area contributed by atoms with Gasteiger partial charge in [-0.05, 0) is 38.3 Å². The number of benzene rings is 1. The van der Waals surface area contributed by atoms with Crippen molar-refractivity contribution in [2.45, 2.75) is 44.9 Å². The quantitative estimate of drug-likeness (QED) is 0.802. The molecule has 3 nitrogen and oxygen atoms in total. The number of nitrogens with zero attached hydrogens (tertiary/aromatic N) is 1. The first-order valence-corrected chi connectivity index (χ1v) is 8.03. The first-order valence-electron chi connectivity index (χ1n) is 7.21. The Hall–Kier alpha value is -1.42. The van der Waals surface area contributed by atoms with Gasteiger partial charge in [0.1, 0.15) is 10.4 Å². The van der Waals surface area contributed by atoms with E-state index in [1.807, 2.05) is 13.0 Å². The number of para-hydroxylation sites is 1. The molecule has 1 heterocycles. The molecule has 2 aromatic rings. The van der Waals surface area contributed by atoms with E-state index in [9.17, 15) is 4.79 Å². The molecule has 1 aromatic heterocycles. The number of thiazole rings is 1.